The zero-order valence-electron chi connectivity index (χ0n) is 8.59. The average molecular weight is 187 g/mol. The summed E-state index contributed by atoms with van der Waals surface area (Å²) in [5.41, 5.74) is -0.249. The van der Waals surface area contributed by atoms with E-state index in [1.807, 2.05) is 27.7 Å². The van der Waals surface area contributed by atoms with Gasteiger partial charge in [0.15, 0.2) is 0 Å². The van der Waals surface area contributed by atoms with Gasteiger partial charge >= 0.3 is 6.09 Å². The summed E-state index contributed by atoms with van der Waals surface area (Å²) in [6, 6.07) is 0. The number of epoxide rings is 1. The number of alkyl carbamates (subject to hydrolysis) is 1. The number of carbonyl (C=O) groups excluding carboxylic acids is 1. The van der Waals surface area contributed by atoms with Crippen LogP contribution in [0.2, 0.25) is 0 Å². The summed E-state index contributed by atoms with van der Waals surface area (Å²) in [5, 5.41) is 2.72. The maximum Gasteiger partial charge on any atom is 0.407 e. The fourth-order valence-corrected chi connectivity index (χ4v) is 0.907. The van der Waals surface area contributed by atoms with E-state index in [1.54, 1.807) is 0 Å². The van der Waals surface area contributed by atoms with Gasteiger partial charge in [0.05, 0.1) is 6.61 Å². The van der Waals surface area contributed by atoms with Gasteiger partial charge in [-0.15, -0.1) is 0 Å². The smallest absolute Gasteiger partial charge is 0.407 e. The van der Waals surface area contributed by atoms with E-state index in [0.717, 1.165) is 0 Å². The van der Waals surface area contributed by atoms with Crippen LogP contribution in [0.15, 0.2) is 0 Å². The fourth-order valence-electron chi connectivity index (χ4n) is 0.907. The molecule has 0 radical (unpaired) electrons. The number of amides is 1. The Morgan fingerprint density at radius 3 is 2.54 bits per heavy atom. The van der Waals surface area contributed by atoms with E-state index in [2.05, 4.69) is 5.32 Å². The molecule has 1 fully saturated rings. The first-order valence-corrected chi connectivity index (χ1v) is 4.49. The number of rotatable bonds is 2. The van der Waals surface area contributed by atoms with E-state index < -0.39 is 0 Å². The molecule has 0 spiro atoms. The molecule has 1 heterocycles. The van der Waals surface area contributed by atoms with E-state index in [4.69, 9.17) is 9.47 Å². The highest BCUT2D eigenvalue weighted by molar-refractivity contribution is 5.68. The normalized spacial score (nSPS) is 23.5. The van der Waals surface area contributed by atoms with Gasteiger partial charge in [-0.1, -0.05) is 0 Å². The van der Waals surface area contributed by atoms with Crippen LogP contribution in [0.1, 0.15) is 27.7 Å². The number of nitrogens with one attached hydrogen (secondary N) is 1. The summed E-state index contributed by atoms with van der Waals surface area (Å²) in [6.07, 6.45) is -0.427. The van der Waals surface area contributed by atoms with Crippen molar-refractivity contribution in [3.63, 3.8) is 0 Å². The highest BCUT2D eigenvalue weighted by atomic mass is 16.6. The molecular formula is C9H17NO3. The third kappa shape index (κ3) is 4.12. The van der Waals surface area contributed by atoms with E-state index in [0.29, 0.717) is 6.61 Å². The van der Waals surface area contributed by atoms with Crippen molar-refractivity contribution in [3.05, 3.63) is 0 Å². The van der Waals surface area contributed by atoms with E-state index in [1.165, 1.54) is 0 Å². The van der Waals surface area contributed by atoms with Gasteiger partial charge in [0.25, 0.3) is 0 Å². The van der Waals surface area contributed by atoms with Crippen LogP contribution in [0.5, 0.6) is 0 Å². The van der Waals surface area contributed by atoms with E-state index in [9.17, 15) is 4.79 Å². The lowest BCUT2D eigenvalue weighted by molar-refractivity contribution is 0.0836. The van der Waals surface area contributed by atoms with Crippen molar-refractivity contribution >= 4 is 6.09 Å². The highest BCUT2D eigenvalue weighted by Gasteiger charge is 2.32. The zero-order valence-corrected chi connectivity index (χ0v) is 8.59. The zero-order chi connectivity index (χ0) is 10.1. The molecule has 0 aromatic carbocycles. The van der Waals surface area contributed by atoms with Crippen molar-refractivity contribution in [1.29, 1.82) is 0 Å². The molecular weight excluding hydrogens is 170 g/mol. The SMILES string of the molecule is C[C@@H](OC(=O)NC(C)(C)C)[C@H]1CO1. The molecule has 1 aliphatic heterocycles. The first-order valence-electron chi connectivity index (χ1n) is 4.49. The summed E-state index contributed by atoms with van der Waals surface area (Å²) in [4.78, 5) is 11.2. The molecule has 0 aliphatic carbocycles. The molecule has 1 saturated heterocycles. The van der Waals surface area contributed by atoms with Crippen molar-refractivity contribution in [2.45, 2.75) is 45.4 Å². The van der Waals surface area contributed by atoms with E-state index in [-0.39, 0.29) is 23.8 Å². The van der Waals surface area contributed by atoms with Gasteiger partial charge in [0.1, 0.15) is 12.2 Å². The molecule has 76 valence electrons. The lowest BCUT2D eigenvalue weighted by atomic mass is 10.1. The van der Waals surface area contributed by atoms with Crippen molar-refractivity contribution in [1.82, 2.24) is 5.32 Å². The molecule has 0 aromatic heterocycles. The number of hydrogen-bond acceptors (Lipinski definition) is 3. The molecule has 0 aromatic rings. The summed E-state index contributed by atoms with van der Waals surface area (Å²) < 4.78 is 10.1. The number of carbonyl (C=O) groups is 1. The molecule has 0 saturated carbocycles. The third-order valence-corrected chi connectivity index (χ3v) is 1.65. The molecule has 0 bridgehead atoms. The van der Waals surface area contributed by atoms with Crippen molar-refractivity contribution in [2.75, 3.05) is 6.61 Å². The Morgan fingerprint density at radius 2 is 2.15 bits per heavy atom. The van der Waals surface area contributed by atoms with Crippen LogP contribution in [-0.4, -0.2) is 30.4 Å². The Hall–Kier alpha value is -0.770. The lowest BCUT2D eigenvalue weighted by Crippen LogP contribution is -2.42. The summed E-state index contributed by atoms with van der Waals surface area (Å²) in [5.74, 6) is 0. The van der Waals surface area contributed by atoms with Crippen molar-refractivity contribution in [2.24, 2.45) is 0 Å². The number of hydrogen-bond donors (Lipinski definition) is 1. The topological polar surface area (TPSA) is 50.9 Å². The van der Waals surface area contributed by atoms with Crippen LogP contribution in [0.25, 0.3) is 0 Å². The standard InChI is InChI=1S/C9H17NO3/c1-6(7-5-12-7)13-8(11)10-9(2,3)4/h6-7H,5H2,1-4H3,(H,10,11)/t6-,7-/m1/s1. The second-order valence-electron chi connectivity index (χ2n) is 4.36. The van der Waals surface area contributed by atoms with Crippen LogP contribution in [-0.2, 0) is 9.47 Å². The van der Waals surface area contributed by atoms with E-state index >= 15 is 0 Å². The van der Waals surface area contributed by atoms with Gasteiger partial charge in [-0.05, 0) is 27.7 Å². The quantitative estimate of drug-likeness (QED) is 0.663. The summed E-state index contributed by atoms with van der Waals surface area (Å²) in [6.45, 7) is 8.26. The molecule has 1 amide bonds. The molecule has 13 heavy (non-hydrogen) atoms. The minimum absolute atomic E-state index is 0.103. The van der Waals surface area contributed by atoms with Crippen molar-refractivity contribution in [3.8, 4) is 0 Å². The minimum Gasteiger partial charge on any atom is -0.444 e. The Kier molecular flexibility index (Phi) is 2.81. The third-order valence-electron chi connectivity index (χ3n) is 1.65. The van der Waals surface area contributed by atoms with Gasteiger partial charge < -0.3 is 14.8 Å². The monoisotopic (exact) mass is 187 g/mol. The summed E-state index contributed by atoms with van der Waals surface area (Å²) in [7, 11) is 0. The van der Waals surface area contributed by atoms with Gasteiger partial charge in [0.2, 0.25) is 0 Å². The number of ether oxygens (including phenoxy) is 2. The minimum atomic E-state index is -0.379. The van der Waals surface area contributed by atoms with Crippen LogP contribution >= 0.6 is 0 Å². The van der Waals surface area contributed by atoms with Crippen LogP contribution in [0.3, 0.4) is 0 Å². The highest BCUT2D eigenvalue weighted by Crippen LogP contribution is 2.16. The molecule has 0 unspecified atom stereocenters. The Labute approximate surface area is 78.6 Å². The predicted octanol–water partition coefficient (Wildman–Crippen LogP) is 1.30. The fraction of sp³-hybridized carbons (Fsp3) is 0.889. The Balaban J connectivity index is 2.24. The van der Waals surface area contributed by atoms with Crippen LogP contribution in [0.4, 0.5) is 4.79 Å². The first kappa shape index (κ1) is 10.3. The molecule has 1 aliphatic rings. The molecule has 4 nitrogen and oxygen atoms in total. The second-order valence-corrected chi connectivity index (χ2v) is 4.36. The Bertz CT molecular complexity index is 194. The predicted molar refractivity (Wildman–Crippen MR) is 48.6 cm³/mol. The first-order chi connectivity index (χ1) is 5.88. The van der Waals surface area contributed by atoms with Gasteiger partial charge in [-0.25, -0.2) is 4.79 Å². The molecule has 2 atom stereocenters. The van der Waals surface area contributed by atoms with Crippen LogP contribution in [0, 0.1) is 0 Å². The van der Waals surface area contributed by atoms with Gasteiger partial charge in [0, 0.05) is 5.54 Å². The Morgan fingerprint density at radius 1 is 1.62 bits per heavy atom. The summed E-state index contributed by atoms with van der Waals surface area (Å²) >= 11 is 0. The maximum atomic E-state index is 11.2. The van der Waals surface area contributed by atoms with Gasteiger partial charge in [-0.3, -0.25) is 0 Å². The molecule has 1 N–H and O–H groups in total. The van der Waals surface area contributed by atoms with Crippen molar-refractivity contribution < 1.29 is 14.3 Å². The second kappa shape index (κ2) is 3.54. The lowest BCUT2D eigenvalue weighted by Gasteiger charge is -2.21. The molecule has 1 rings (SSSR count). The maximum absolute atomic E-state index is 11.2. The van der Waals surface area contributed by atoms with Crippen LogP contribution < -0.4 is 5.32 Å². The largest absolute Gasteiger partial charge is 0.444 e. The molecule has 4 heteroatoms. The van der Waals surface area contributed by atoms with Gasteiger partial charge in [-0.2, -0.15) is 0 Å². The average Bonchev–Trinajstić information content (AvgIpc) is 2.60.